The maximum atomic E-state index is 5.63. The van der Waals surface area contributed by atoms with Crippen LogP contribution in [-0.2, 0) is 6.54 Å². The van der Waals surface area contributed by atoms with E-state index in [1.807, 2.05) is 45.2 Å². The van der Waals surface area contributed by atoms with Crippen molar-refractivity contribution in [1.29, 1.82) is 0 Å². The van der Waals surface area contributed by atoms with E-state index < -0.39 is 0 Å². The van der Waals surface area contributed by atoms with Crippen LogP contribution < -0.4 is 10.5 Å². The average Bonchev–Trinajstić information content (AvgIpc) is 2.87. The molecule has 0 amide bonds. The molecular weight excluding hydrogens is 268 g/mol. The maximum absolute atomic E-state index is 5.63. The number of ether oxygens (including phenoxy) is 1. The summed E-state index contributed by atoms with van der Waals surface area (Å²) in [5.74, 6) is 1.62. The highest BCUT2D eigenvalue weighted by Gasteiger charge is 2.10. The van der Waals surface area contributed by atoms with Crippen LogP contribution in [0.15, 0.2) is 24.3 Å². The number of rotatable bonds is 7. The van der Waals surface area contributed by atoms with E-state index in [0.717, 1.165) is 23.8 Å². The molecule has 2 rings (SSSR count). The quantitative estimate of drug-likeness (QED) is 0.813. The second-order valence-electron chi connectivity index (χ2n) is 5.19. The van der Waals surface area contributed by atoms with Crippen molar-refractivity contribution in [3.05, 3.63) is 30.1 Å². The fourth-order valence-electron chi connectivity index (χ4n) is 1.98. The summed E-state index contributed by atoms with van der Waals surface area (Å²) in [6, 6.07) is 7.73. The number of nitrogens with zero attached hydrogens (tertiary/aromatic N) is 5. The predicted octanol–water partition coefficient (Wildman–Crippen LogP) is 0.840. The minimum absolute atomic E-state index is 0.157. The van der Waals surface area contributed by atoms with E-state index in [0.29, 0.717) is 13.1 Å². The van der Waals surface area contributed by atoms with Crippen LogP contribution in [0.3, 0.4) is 0 Å². The highest BCUT2D eigenvalue weighted by Crippen LogP contribution is 2.16. The zero-order chi connectivity index (χ0) is 15.2. The van der Waals surface area contributed by atoms with E-state index in [4.69, 9.17) is 10.5 Å². The SMILES string of the molecule is CC(C)Oc1ccc(-n2nnnc2CN(C)CCN)cc1. The Bertz CT molecular complexity index is 551. The van der Waals surface area contributed by atoms with Gasteiger partial charge in [-0.3, -0.25) is 4.90 Å². The Hall–Kier alpha value is -1.99. The smallest absolute Gasteiger partial charge is 0.170 e. The molecule has 1 aromatic heterocycles. The number of likely N-dealkylation sites (N-methyl/N-ethyl adjacent to an activating group) is 1. The largest absolute Gasteiger partial charge is 0.491 e. The molecular formula is C14H22N6O. The molecule has 2 N–H and O–H groups in total. The lowest BCUT2D eigenvalue weighted by molar-refractivity contribution is 0.242. The van der Waals surface area contributed by atoms with E-state index in [1.54, 1.807) is 4.68 Å². The number of aromatic nitrogens is 4. The van der Waals surface area contributed by atoms with E-state index in [-0.39, 0.29) is 6.10 Å². The van der Waals surface area contributed by atoms with Crippen molar-refractivity contribution in [2.45, 2.75) is 26.5 Å². The predicted molar refractivity (Wildman–Crippen MR) is 80.3 cm³/mol. The van der Waals surface area contributed by atoms with Gasteiger partial charge in [-0.15, -0.1) is 5.10 Å². The molecule has 114 valence electrons. The van der Waals surface area contributed by atoms with Gasteiger partial charge in [0.1, 0.15) is 5.75 Å². The van der Waals surface area contributed by atoms with Crippen molar-refractivity contribution in [1.82, 2.24) is 25.1 Å². The Morgan fingerprint density at radius 3 is 2.62 bits per heavy atom. The minimum atomic E-state index is 0.157. The first-order chi connectivity index (χ1) is 10.1. The highest BCUT2D eigenvalue weighted by molar-refractivity contribution is 5.37. The van der Waals surface area contributed by atoms with Gasteiger partial charge in [0.15, 0.2) is 5.82 Å². The molecule has 7 heteroatoms. The van der Waals surface area contributed by atoms with Crippen LogP contribution in [0, 0.1) is 0 Å². The van der Waals surface area contributed by atoms with Gasteiger partial charge in [-0.1, -0.05) is 0 Å². The molecule has 0 saturated heterocycles. The molecule has 0 aliphatic rings. The molecule has 0 saturated carbocycles. The first kappa shape index (κ1) is 15.4. The molecule has 0 radical (unpaired) electrons. The van der Waals surface area contributed by atoms with Gasteiger partial charge in [-0.25, -0.2) is 0 Å². The Morgan fingerprint density at radius 2 is 2.00 bits per heavy atom. The lowest BCUT2D eigenvalue weighted by Crippen LogP contribution is -2.26. The number of hydrogen-bond donors (Lipinski definition) is 1. The molecule has 0 atom stereocenters. The van der Waals surface area contributed by atoms with Crippen molar-refractivity contribution in [3.8, 4) is 11.4 Å². The van der Waals surface area contributed by atoms with Gasteiger partial charge < -0.3 is 10.5 Å². The maximum Gasteiger partial charge on any atom is 0.170 e. The number of hydrogen-bond acceptors (Lipinski definition) is 6. The minimum Gasteiger partial charge on any atom is -0.491 e. The fraction of sp³-hybridized carbons (Fsp3) is 0.500. The molecule has 2 aromatic rings. The van der Waals surface area contributed by atoms with Gasteiger partial charge in [0, 0.05) is 13.1 Å². The van der Waals surface area contributed by atoms with Crippen LogP contribution in [0.5, 0.6) is 5.75 Å². The number of tetrazole rings is 1. The van der Waals surface area contributed by atoms with E-state index >= 15 is 0 Å². The molecule has 1 heterocycles. The summed E-state index contributed by atoms with van der Waals surface area (Å²) >= 11 is 0. The van der Waals surface area contributed by atoms with Crippen molar-refractivity contribution in [2.24, 2.45) is 5.73 Å². The molecule has 0 aliphatic heterocycles. The third-order valence-corrected chi connectivity index (χ3v) is 2.91. The molecule has 0 fully saturated rings. The first-order valence-electron chi connectivity index (χ1n) is 7.03. The third kappa shape index (κ3) is 4.24. The lowest BCUT2D eigenvalue weighted by Gasteiger charge is -2.15. The number of benzene rings is 1. The van der Waals surface area contributed by atoms with Crippen LogP contribution in [0.25, 0.3) is 5.69 Å². The van der Waals surface area contributed by atoms with Gasteiger partial charge in [0.05, 0.1) is 18.3 Å². The zero-order valence-electron chi connectivity index (χ0n) is 12.7. The summed E-state index contributed by atoms with van der Waals surface area (Å²) in [4.78, 5) is 2.08. The molecule has 21 heavy (non-hydrogen) atoms. The first-order valence-corrected chi connectivity index (χ1v) is 7.03. The van der Waals surface area contributed by atoms with E-state index in [1.165, 1.54) is 0 Å². The Morgan fingerprint density at radius 1 is 1.29 bits per heavy atom. The topological polar surface area (TPSA) is 82.1 Å². The van der Waals surface area contributed by atoms with Gasteiger partial charge in [0.25, 0.3) is 0 Å². The van der Waals surface area contributed by atoms with Gasteiger partial charge in [-0.2, -0.15) is 4.68 Å². The summed E-state index contributed by atoms with van der Waals surface area (Å²) in [7, 11) is 1.99. The van der Waals surface area contributed by atoms with Crippen LogP contribution in [0.1, 0.15) is 19.7 Å². The summed E-state index contributed by atoms with van der Waals surface area (Å²) in [5.41, 5.74) is 6.46. The van der Waals surface area contributed by atoms with E-state index in [2.05, 4.69) is 20.4 Å². The average molecular weight is 290 g/mol. The van der Waals surface area contributed by atoms with Gasteiger partial charge in [0.2, 0.25) is 0 Å². The second-order valence-corrected chi connectivity index (χ2v) is 5.19. The number of nitrogens with two attached hydrogens (primary N) is 1. The van der Waals surface area contributed by atoms with Crippen LogP contribution in [0.4, 0.5) is 0 Å². The summed E-state index contributed by atoms with van der Waals surface area (Å²) in [5, 5.41) is 11.9. The fourth-order valence-corrected chi connectivity index (χ4v) is 1.98. The van der Waals surface area contributed by atoms with Crippen molar-refractivity contribution in [3.63, 3.8) is 0 Å². The molecule has 0 bridgehead atoms. The van der Waals surface area contributed by atoms with Crippen LogP contribution in [0.2, 0.25) is 0 Å². The van der Waals surface area contributed by atoms with E-state index in [9.17, 15) is 0 Å². The summed E-state index contributed by atoms with van der Waals surface area (Å²) in [6.45, 7) is 6.06. The Balaban J connectivity index is 2.13. The molecule has 7 nitrogen and oxygen atoms in total. The summed E-state index contributed by atoms with van der Waals surface area (Å²) < 4.78 is 7.36. The Labute approximate surface area is 124 Å². The second kappa shape index (κ2) is 7.14. The monoisotopic (exact) mass is 290 g/mol. The zero-order valence-corrected chi connectivity index (χ0v) is 12.7. The van der Waals surface area contributed by atoms with Crippen LogP contribution in [-0.4, -0.2) is 51.3 Å². The van der Waals surface area contributed by atoms with Crippen molar-refractivity contribution < 1.29 is 4.74 Å². The molecule has 1 aromatic carbocycles. The summed E-state index contributed by atoms with van der Waals surface area (Å²) in [6.07, 6.45) is 0.157. The Kier molecular flexibility index (Phi) is 5.24. The third-order valence-electron chi connectivity index (χ3n) is 2.91. The molecule has 0 spiro atoms. The normalized spacial score (nSPS) is 11.3. The van der Waals surface area contributed by atoms with Gasteiger partial charge >= 0.3 is 0 Å². The van der Waals surface area contributed by atoms with Crippen molar-refractivity contribution in [2.75, 3.05) is 20.1 Å². The van der Waals surface area contributed by atoms with Crippen LogP contribution >= 0.6 is 0 Å². The van der Waals surface area contributed by atoms with Crippen molar-refractivity contribution >= 4 is 0 Å². The molecule has 0 unspecified atom stereocenters. The molecule has 0 aliphatic carbocycles. The highest BCUT2D eigenvalue weighted by atomic mass is 16.5. The van der Waals surface area contributed by atoms with Gasteiger partial charge in [-0.05, 0) is 55.6 Å². The lowest BCUT2D eigenvalue weighted by atomic mass is 10.3. The standard InChI is InChI=1S/C14H22N6O/c1-11(2)21-13-6-4-12(5-7-13)20-14(16-17-18-20)10-19(3)9-8-15/h4-7,11H,8-10,15H2,1-3H3.